The molecule has 9 aromatic rings. The van der Waals surface area contributed by atoms with Gasteiger partial charge in [0.15, 0.2) is 0 Å². The molecule has 0 saturated carbocycles. The van der Waals surface area contributed by atoms with Crippen LogP contribution in [0.1, 0.15) is 11.1 Å². The van der Waals surface area contributed by atoms with Gasteiger partial charge in [0.05, 0.1) is 0 Å². The monoisotopic (exact) mass is 650 g/mol. The molecule has 0 unspecified atom stereocenters. The fourth-order valence-electron chi connectivity index (χ4n) is 7.89. The molecule has 1 heterocycles. The Labute approximate surface area is 295 Å². The van der Waals surface area contributed by atoms with Crippen molar-refractivity contribution in [3.8, 4) is 44.5 Å². The van der Waals surface area contributed by atoms with E-state index in [1.807, 2.05) is 17.4 Å². The van der Waals surface area contributed by atoms with Gasteiger partial charge in [0, 0.05) is 20.2 Å². The number of allylic oxidation sites excluding steroid dienone is 2. The van der Waals surface area contributed by atoms with Gasteiger partial charge in [0.25, 0.3) is 0 Å². The lowest BCUT2D eigenvalue weighted by atomic mass is 9.82. The van der Waals surface area contributed by atoms with E-state index in [9.17, 15) is 0 Å². The first-order valence-corrected chi connectivity index (χ1v) is 17.9. The van der Waals surface area contributed by atoms with Crippen LogP contribution >= 0.6 is 11.3 Å². The van der Waals surface area contributed by atoms with Crippen LogP contribution in [0.15, 0.2) is 176 Å². The molecule has 0 N–H and O–H groups in total. The van der Waals surface area contributed by atoms with Gasteiger partial charge in [-0.15, -0.1) is 17.1 Å². The van der Waals surface area contributed by atoms with E-state index in [1.165, 1.54) is 97.4 Å². The molecule has 0 nitrogen and oxygen atoms in total. The molecule has 0 atom stereocenters. The van der Waals surface area contributed by atoms with Crippen molar-refractivity contribution in [2.75, 3.05) is 0 Å². The third kappa shape index (κ3) is 4.60. The minimum atomic E-state index is 1.19. The molecule has 50 heavy (non-hydrogen) atoms. The molecule has 1 heteroatoms. The Morgan fingerprint density at radius 2 is 0.980 bits per heavy atom. The molecule has 1 aliphatic carbocycles. The summed E-state index contributed by atoms with van der Waals surface area (Å²) in [6.07, 6.45) is 8.58. The highest BCUT2D eigenvalue weighted by molar-refractivity contribution is 7.26. The van der Waals surface area contributed by atoms with E-state index in [2.05, 4.69) is 182 Å². The maximum absolute atomic E-state index is 3.46. The largest absolute Gasteiger partial charge is 0.135 e. The summed E-state index contributed by atoms with van der Waals surface area (Å²) in [5.41, 5.74) is 15.7. The summed E-state index contributed by atoms with van der Waals surface area (Å²) in [4.78, 5) is 0. The number of hydrogen-bond donors (Lipinski definition) is 0. The molecule has 10 rings (SSSR count). The topological polar surface area (TPSA) is 0 Å². The van der Waals surface area contributed by atoms with Crippen LogP contribution in [0.3, 0.4) is 0 Å². The highest BCUT2D eigenvalue weighted by Crippen LogP contribution is 2.46. The van der Waals surface area contributed by atoms with Gasteiger partial charge in [0.2, 0.25) is 0 Å². The van der Waals surface area contributed by atoms with Crippen LogP contribution in [0.5, 0.6) is 0 Å². The van der Waals surface area contributed by atoms with E-state index >= 15 is 0 Å². The van der Waals surface area contributed by atoms with Crippen molar-refractivity contribution in [3.05, 3.63) is 187 Å². The van der Waals surface area contributed by atoms with Crippen molar-refractivity contribution in [2.45, 2.75) is 0 Å². The number of hydrogen-bond acceptors (Lipinski definition) is 1. The van der Waals surface area contributed by atoms with Crippen molar-refractivity contribution in [1.82, 2.24) is 0 Å². The van der Waals surface area contributed by atoms with E-state index < -0.39 is 0 Å². The summed E-state index contributed by atoms with van der Waals surface area (Å²) in [7, 11) is 0. The minimum Gasteiger partial charge on any atom is -0.135 e. The zero-order valence-corrected chi connectivity index (χ0v) is 28.0. The maximum atomic E-state index is 3.46. The number of rotatable bonds is 4. The summed E-state index contributed by atoms with van der Waals surface area (Å²) in [6.45, 7) is 0. The fraction of sp³-hybridized carbons (Fsp3) is 0. The molecule has 0 aliphatic heterocycles. The summed E-state index contributed by atoms with van der Waals surface area (Å²) < 4.78 is 2.66. The quantitative estimate of drug-likeness (QED) is 0.166. The molecule has 0 bridgehead atoms. The van der Waals surface area contributed by atoms with E-state index in [-0.39, 0.29) is 0 Å². The van der Waals surface area contributed by atoms with Gasteiger partial charge in [-0.3, -0.25) is 0 Å². The zero-order valence-electron chi connectivity index (χ0n) is 27.2. The van der Waals surface area contributed by atoms with Crippen molar-refractivity contribution < 1.29 is 0 Å². The predicted octanol–water partition coefficient (Wildman–Crippen LogP) is 14.2. The Balaban J connectivity index is 1.20. The van der Waals surface area contributed by atoms with E-state index in [4.69, 9.17) is 0 Å². The van der Waals surface area contributed by atoms with Crippen molar-refractivity contribution >= 4 is 65.2 Å². The highest BCUT2D eigenvalue weighted by Gasteiger charge is 2.21. The van der Waals surface area contributed by atoms with Gasteiger partial charge in [-0.25, -0.2) is 0 Å². The lowest BCUT2D eigenvalue weighted by molar-refractivity contribution is 1.57. The molecule has 1 aliphatic rings. The second kappa shape index (κ2) is 11.7. The Hall–Kier alpha value is -6.24. The minimum absolute atomic E-state index is 1.19. The molecule has 1 aromatic heterocycles. The third-order valence-electron chi connectivity index (χ3n) is 10.1. The number of benzene rings is 8. The van der Waals surface area contributed by atoms with Crippen LogP contribution in [0.2, 0.25) is 0 Å². The van der Waals surface area contributed by atoms with Gasteiger partial charge in [-0.05, 0) is 108 Å². The normalized spacial score (nSPS) is 12.2. The number of thiophene rings is 1. The molecule has 0 amide bonds. The summed E-state index contributed by atoms with van der Waals surface area (Å²) in [6, 6.07) is 57.8. The van der Waals surface area contributed by atoms with Crippen molar-refractivity contribution in [1.29, 1.82) is 0 Å². The Kier molecular flexibility index (Phi) is 6.74. The maximum Gasteiger partial charge on any atom is 0.0433 e. The molecule has 0 spiro atoms. The average Bonchev–Trinajstić information content (AvgIpc) is 3.39. The van der Waals surface area contributed by atoms with Gasteiger partial charge < -0.3 is 0 Å². The number of fused-ring (bicyclic) bond motifs is 6. The molecule has 0 fully saturated rings. The second-order valence-electron chi connectivity index (χ2n) is 12.9. The fourth-order valence-corrected chi connectivity index (χ4v) is 9.13. The van der Waals surface area contributed by atoms with E-state index in [1.54, 1.807) is 0 Å². The summed E-state index contributed by atoms with van der Waals surface area (Å²) in [5, 5.41) is 7.65. The molecule has 232 valence electrons. The Bertz CT molecular complexity index is 2900. The summed E-state index contributed by atoms with van der Waals surface area (Å²) >= 11 is 1.88. The van der Waals surface area contributed by atoms with Crippen LogP contribution in [0, 0.1) is 0 Å². The standard InChI is InChI=1S/C49H30S/c1-2-22-41-42(23-3-1)48(36-19-11-17-34(31-36)39-27-13-28-45-40-21-8-9-29-46(40)50-49(39)45)44-25-7-6-24-43(44)47(41)35-18-10-16-33(30-35)38-26-12-15-32-14-4-5-20-37(32)38/h1,3-31H. The zero-order chi connectivity index (χ0) is 33.0. The summed E-state index contributed by atoms with van der Waals surface area (Å²) in [5.74, 6) is 0. The molecule has 0 saturated heterocycles. The van der Waals surface area contributed by atoms with Crippen LogP contribution in [0.4, 0.5) is 0 Å². The lowest BCUT2D eigenvalue weighted by Gasteiger charge is -2.21. The first-order valence-electron chi connectivity index (χ1n) is 17.1. The van der Waals surface area contributed by atoms with Crippen LogP contribution in [0.25, 0.3) is 98.4 Å². The van der Waals surface area contributed by atoms with Crippen LogP contribution < -0.4 is 0 Å². The van der Waals surface area contributed by atoms with Gasteiger partial charge in [-0.1, -0.05) is 152 Å². The van der Waals surface area contributed by atoms with Crippen LogP contribution in [-0.4, -0.2) is 0 Å². The molecular weight excluding hydrogens is 621 g/mol. The first kappa shape index (κ1) is 28.7. The van der Waals surface area contributed by atoms with Gasteiger partial charge >= 0.3 is 0 Å². The molecule has 0 radical (unpaired) electrons. The second-order valence-corrected chi connectivity index (χ2v) is 14.0. The van der Waals surface area contributed by atoms with Crippen molar-refractivity contribution in [3.63, 3.8) is 0 Å². The molecule has 8 aromatic carbocycles. The van der Waals surface area contributed by atoms with Gasteiger partial charge in [-0.2, -0.15) is 0 Å². The Morgan fingerprint density at radius 1 is 0.420 bits per heavy atom. The molecular formula is C49H30S. The predicted molar refractivity (Wildman–Crippen MR) is 218 cm³/mol. The van der Waals surface area contributed by atoms with E-state index in [0.717, 1.165) is 0 Å². The van der Waals surface area contributed by atoms with E-state index in [0.29, 0.717) is 0 Å². The first-order chi connectivity index (χ1) is 24.8. The van der Waals surface area contributed by atoms with Gasteiger partial charge in [0.1, 0.15) is 0 Å². The Morgan fingerprint density at radius 3 is 1.78 bits per heavy atom. The SMILES string of the molecule is C1=CC=Cc2c(c(-c3cccc(-c4cccc5ccccc45)c3)c3ccccc3c2-c2cccc(-c3cccc4c3sc3ccccc34)c2)C=1. The van der Waals surface area contributed by atoms with Crippen molar-refractivity contribution in [2.24, 2.45) is 0 Å². The smallest absolute Gasteiger partial charge is 0.0433 e. The lowest BCUT2D eigenvalue weighted by Crippen LogP contribution is -1.96. The third-order valence-corrected chi connectivity index (χ3v) is 11.3. The average molecular weight is 651 g/mol. The highest BCUT2D eigenvalue weighted by atomic mass is 32.1. The van der Waals surface area contributed by atoms with Crippen LogP contribution in [-0.2, 0) is 0 Å².